The minimum absolute atomic E-state index is 0.661. The Morgan fingerprint density at radius 3 is 3.12 bits per heavy atom. The second-order valence-corrected chi connectivity index (χ2v) is 5.24. The second kappa shape index (κ2) is 4.18. The molecule has 2 saturated heterocycles. The monoisotopic (exact) mass is 232 g/mol. The van der Waals surface area contributed by atoms with Crippen LogP contribution in [0, 0.1) is 5.92 Å². The van der Waals surface area contributed by atoms with Gasteiger partial charge < -0.3 is 15.1 Å². The molecule has 0 amide bonds. The zero-order chi connectivity index (χ0) is 11.8. The van der Waals surface area contributed by atoms with Crippen LogP contribution in [-0.4, -0.2) is 44.8 Å². The lowest BCUT2D eigenvalue weighted by molar-refractivity contribution is 0.227. The molecule has 0 bridgehead atoms. The lowest BCUT2D eigenvalue weighted by atomic mass is 9.83. The van der Waals surface area contributed by atoms with Crippen molar-refractivity contribution in [1.29, 1.82) is 0 Å². The van der Waals surface area contributed by atoms with E-state index in [1.54, 1.807) is 0 Å². The number of hydrogen-bond acceptors (Lipinski definition) is 4. The third kappa shape index (κ3) is 1.86. The molecule has 17 heavy (non-hydrogen) atoms. The lowest BCUT2D eigenvalue weighted by Crippen LogP contribution is -2.63. The quantitative estimate of drug-likeness (QED) is 0.822. The minimum Gasteiger partial charge on any atom is -0.378 e. The molecule has 0 saturated carbocycles. The molecule has 1 aromatic rings. The van der Waals surface area contributed by atoms with E-state index in [4.69, 9.17) is 0 Å². The highest BCUT2D eigenvalue weighted by atomic mass is 15.3. The van der Waals surface area contributed by atoms with Crippen LogP contribution in [0.3, 0.4) is 0 Å². The lowest BCUT2D eigenvalue weighted by Gasteiger charge is -2.51. The molecule has 2 atom stereocenters. The van der Waals surface area contributed by atoms with Crippen LogP contribution in [0.2, 0.25) is 0 Å². The molecule has 1 aromatic heterocycles. The molecular formula is C13H20N4. The van der Waals surface area contributed by atoms with Crippen molar-refractivity contribution in [2.24, 2.45) is 5.92 Å². The van der Waals surface area contributed by atoms with E-state index in [0.717, 1.165) is 18.3 Å². The highest BCUT2D eigenvalue weighted by Crippen LogP contribution is 2.34. The number of anilines is 2. The first-order valence-corrected chi connectivity index (χ1v) is 6.36. The summed E-state index contributed by atoms with van der Waals surface area (Å²) in [6.07, 6.45) is 3.22. The minimum atomic E-state index is 0.661. The SMILES string of the molecule is CN(C)c1ccnc(N2CC3CCNCC32)c1. The van der Waals surface area contributed by atoms with E-state index < -0.39 is 0 Å². The molecule has 0 aliphatic carbocycles. The van der Waals surface area contributed by atoms with Crippen molar-refractivity contribution in [3.05, 3.63) is 18.3 Å². The van der Waals surface area contributed by atoms with Gasteiger partial charge in [-0.25, -0.2) is 4.98 Å². The van der Waals surface area contributed by atoms with E-state index in [2.05, 4.69) is 46.3 Å². The summed E-state index contributed by atoms with van der Waals surface area (Å²) in [5.41, 5.74) is 1.22. The third-order valence-electron chi connectivity index (χ3n) is 3.96. The van der Waals surface area contributed by atoms with Gasteiger partial charge in [0.05, 0.1) is 0 Å². The number of nitrogens with one attached hydrogen (secondary N) is 1. The summed E-state index contributed by atoms with van der Waals surface area (Å²) in [5, 5.41) is 3.47. The van der Waals surface area contributed by atoms with Gasteiger partial charge in [-0.15, -0.1) is 0 Å². The van der Waals surface area contributed by atoms with Crippen LogP contribution < -0.4 is 15.1 Å². The Balaban J connectivity index is 1.78. The maximum absolute atomic E-state index is 4.51. The molecule has 4 nitrogen and oxygen atoms in total. The summed E-state index contributed by atoms with van der Waals surface area (Å²) >= 11 is 0. The molecule has 0 aromatic carbocycles. The predicted molar refractivity (Wildman–Crippen MR) is 70.7 cm³/mol. The normalized spacial score (nSPS) is 27.3. The molecule has 2 fully saturated rings. The van der Waals surface area contributed by atoms with Crippen molar-refractivity contribution in [3.63, 3.8) is 0 Å². The van der Waals surface area contributed by atoms with Crippen molar-refractivity contribution < 1.29 is 0 Å². The Morgan fingerprint density at radius 2 is 2.35 bits per heavy atom. The van der Waals surface area contributed by atoms with Gasteiger partial charge >= 0.3 is 0 Å². The molecule has 0 radical (unpaired) electrons. The molecule has 0 spiro atoms. The van der Waals surface area contributed by atoms with Gasteiger partial charge in [-0.2, -0.15) is 0 Å². The molecule has 2 aliphatic heterocycles. The number of nitrogens with zero attached hydrogens (tertiary/aromatic N) is 3. The number of aromatic nitrogens is 1. The standard InChI is InChI=1S/C13H20N4/c1-16(2)11-4-6-15-13(7-11)17-9-10-3-5-14-8-12(10)17/h4,6-7,10,12,14H,3,5,8-9H2,1-2H3. The van der Waals surface area contributed by atoms with E-state index in [1.807, 2.05) is 6.20 Å². The largest absolute Gasteiger partial charge is 0.378 e. The summed E-state index contributed by atoms with van der Waals surface area (Å²) in [6, 6.07) is 4.90. The topological polar surface area (TPSA) is 31.4 Å². The highest BCUT2D eigenvalue weighted by Gasteiger charge is 2.40. The van der Waals surface area contributed by atoms with Crippen LogP contribution in [0.1, 0.15) is 6.42 Å². The zero-order valence-corrected chi connectivity index (χ0v) is 10.6. The van der Waals surface area contributed by atoms with E-state index in [-0.39, 0.29) is 0 Å². The summed E-state index contributed by atoms with van der Waals surface area (Å²) in [5.74, 6) is 2.00. The van der Waals surface area contributed by atoms with Crippen molar-refractivity contribution in [2.45, 2.75) is 12.5 Å². The Labute approximate surface area is 103 Å². The zero-order valence-electron chi connectivity index (χ0n) is 10.6. The van der Waals surface area contributed by atoms with E-state index in [9.17, 15) is 0 Å². The van der Waals surface area contributed by atoms with Crippen molar-refractivity contribution in [3.8, 4) is 0 Å². The summed E-state index contributed by atoms with van der Waals surface area (Å²) in [4.78, 5) is 9.07. The number of fused-ring (bicyclic) bond motifs is 1. The maximum Gasteiger partial charge on any atom is 0.130 e. The van der Waals surface area contributed by atoms with Crippen LogP contribution in [0.15, 0.2) is 18.3 Å². The van der Waals surface area contributed by atoms with Crippen molar-refractivity contribution in [1.82, 2.24) is 10.3 Å². The summed E-state index contributed by atoms with van der Waals surface area (Å²) in [6.45, 7) is 3.47. The van der Waals surface area contributed by atoms with Crippen molar-refractivity contribution >= 4 is 11.5 Å². The average Bonchev–Trinajstić information content (AvgIpc) is 2.31. The van der Waals surface area contributed by atoms with Gasteiger partial charge in [0.1, 0.15) is 5.82 Å². The van der Waals surface area contributed by atoms with Gasteiger partial charge in [0.2, 0.25) is 0 Å². The van der Waals surface area contributed by atoms with Gasteiger partial charge in [-0.05, 0) is 24.9 Å². The first-order chi connectivity index (χ1) is 8.25. The molecule has 1 N–H and O–H groups in total. The van der Waals surface area contributed by atoms with Gasteiger partial charge in [0.15, 0.2) is 0 Å². The molecular weight excluding hydrogens is 212 g/mol. The van der Waals surface area contributed by atoms with Gasteiger partial charge in [-0.3, -0.25) is 0 Å². The molecule has 2 aliphatic rings. The van der Waals surface area contributed by atoms with Crippen LogP contribution in [0.5, 0.6) is 0 Å². The van der Waals surface area contributed by atoms with Gasteiger partial charge in [0.25, 0.3) is 0 Å². The average molecular weight is 232 g/mol. The molecule has 92 valence electrons. The van der Waals surface area contributed by atoms with Crippen LogP contribution >= 0.6 is 0 Å². The number of rotatable bonds is 2. The fourth-order valence-electron chi connectivity index (χ4n) is 2.83. The first-order valence-electron chi connectivity index (χ1n) is 6.36. The Morgan fingerprint density at radius 1 is 1.47 bits per heavy atom. The second-order valence-electron chi connectivity index (χ2n) is 5.24. The van der Waals surface area contributed by atoms with Crippen LogP contribution in [0.25, 0.3) is 0 Å². The smallest absolute Gasteiger partial charge is 0.130 e. The fourth-order valence-corrected chi connectivity index (χ4v) is 2.83. The summed E-state index contributed by atoms with van der Waals surface area (Å²) < 4.78 is 0. The Kier molecular flexibility index (Phi) is 2.67. The van der Waals surface area contributed by atoms with E-state index >= 15 is 0 Å². The fraction of sp³-hybridized carbons (Fsp3) is 0.615. The molecule has 2 unspecified atom stereocenters. The highest BCUT2D eigenvalue weighted by molar-refractivity contribution is 5.56. The summed E-state index contributed by atoms with van der Waals surface area (Å²) in [7, 11) is 4.14. The molecule has 3 heterocycles. The third-order valence-corrected chi connectivity index (χ3v) is 3.96. The molecule has 4 heteroatoms. The van der Waals surface area contributed by atoms with Crippen molar-refractivity contribution in [2.75, 3.05) is 43.5 Å². The molecule has 3 rings (SSSR count). The predicted octanol–water partition coefficient (Wildman–Crippen LogP) is 0.946. The van der Waals surface area contributed by atoms with Crippen LogP contribution in [-0.2, 0) is 0 Å². The number of pyridine rings is 1. The van der Waals surface area contributed by atoms with Gasteiger partial charge in [0, 0.05) is 51.2 Å². The maximum atomic E-state index is 4.51. The first kappa shape index (κ1) is 10.8. The Bertz CT molecular complexity index is 404. The van der Waals surface area contributed by atoms with Gasteiger partial charge in [-0.1, -0.05) is 0 Å². The number of piperidine rings is 1. The Hall–Kier alpha value is -1.29. The van der Waals surface area contributed by atoms with E-state index in [1.165, 1.54) is 25.2 Å². The van der Waals surface area contributed by atoms with Crippen LogP contribution in [0.4, 0.5) is 11.5 Å². The van der Waals surface area contributed by atoms with E-state index in [0.29, 0.717) is 6.04 Å². The number of hydrogen-bond donors (Lipinski definition) is 1.